The zero-order valence-corrected chi connectivity index (χ0v) is 13.9. The summed E-state index contributed by atoms with van der Waals surface area (Å²) >= 11 is 5.84. The van der Waals surface area contributed by atoms with Gasteiger partial charge in [-0.05, 0) is 24.1 Å². The van der Waals surface area contributed by atoms with Crippen molar-refractivity contribution in [1.82, 2.24) is 9.97 Å². The molecule has 0 atom stereocenters. The van der Waals surface area contributed by atoms with Gasteiger partial charge in [0.1, 0.15) is 6.33 Å². The standard InChI is InChI=1S/C15H18ClN5O3/c1-24-8-2-7-17-14-13(21(22)23)15(20-10-19-14)18-9-11-3-5-12(16)6-4-11/h3-6,10H,2,7-9H2,1H3,(H2,17,18,19,20). The zero-order valence-electron chi connectivity index (χ0n) is 13.2. The lowest BCUT2D eigenvalue weighted by Gasteiger charge is -2.10. The number of hydrogen-bond donors (Lipinski definition) is 2. The average Bonchev–Trinajstić information content (AvgIpc) is 2.58. The van der Waals surface area contributed by atoms with Gasteiger partial charge in [-0.3, -0.25) is 10.1 Å². The Kier molecular flexibility index (Phi) is 6.71. The van der Waals surface area contributed by atoms with Gasteiger partial charge in [-0.25, -0.2) is 9.97 Å². The Morgan fingerprint density at radius 3 is 2.50 bits per heavy atom. The van der Waals surface area contributed by atoms with Crippen molar-refractivity contribution in [2.45, 2.75) is 13.0 Å². The van der Waals surface area contributed by atoms with Crippen LogP contribution in [0.5, 0.6) is 0 Å². The molecule has 0 saturated carbocycles. The highest BCUT2D eigenvalue weighted by molar-refractivity contribution is 6.30. The summed E-state index contributed by atoms with van der Waals surface area (Å²) in [4.78, 5) is 18.8. The molecule has 1 aromatic carbocycles. The number of benzene rings is 1. The number of ether oxygens (including phenoxy) is 1. The number of nitrogens with one attached hydrogen (secondary N) is 2. The summed E-state index contributed by atoms with van der Waals surface area (Å²) in [6.07, 6.45) is 2.00. The molecule has 2 N–H and O–H groups in total. The fraction of sp³-hybridized carbons (Fsp3) is 0.333. The molecule has 2 aromatic rings. The van der Waals surface area contributed by atoms with Crippen molar-refractivity contribution in [2.24, 2.45) is 0 Å². The third-order valence-corrected chi connectivity index (χ3v) is 3.45. The van der Waals surface area contributed by atoms with E-state index in [1.807, 2.05) is 12.1 Å². The number of halogens is 1. The van der Waals surface area contributed by atoms with Crippen molar-refractivity contribution in [3.05, 3.63) is 51.3 Å². The van der Waals surface area contributed by atoms with Crippen molar-refractivity contribution in [3.63, 3.8) is 0 Å². The average molecular weight is 352 g/mol. The molecule has 128 valence electrons. The molecule has 1 aromatic heterocycles. The van der Waals surface area contributed by atoms with Crippen LogP contribution in [0.25, 0.3) is 0 Å². The highest BCUT2D eigenvalue weighted by Gasteiger charge is 2.22. The molecule has 0 aliphatic rings. The minimum Gasteiger partial charge on any atom is -0.385 e. The van der Waals surface area contributed by atoms with E-state index in [9.17, 15) is 10.1 Å². The van der Waals surface area contributed by atoms with Crippen LogP contribution in [-0.4, -0.2) is 35.2 Å². The molecular weight excluding hydrogens is 334 g/mol. The molecule has 0 saturated heterocycles. The molecule has 24 heavy (non-hydrogen) atoms. The van der Waals surface area contributed by atoms with Crippen LogP contribution in [0, 0.1) is 10.1 Å². The molecule has 0 unspecified atom stereocenters. The van der Waals surface area contributed by atoms with E-state index in [-0.39, 0.29) is 17.3 Å². The number of nitro groups is 1. The molecular formula is C15H18ClN5O3. The summed E-state index contributed by atoms with van der Waals surface area (Å²) in [6, 6.07) is 7.20. The van der Waals surface area contributed by atoms with Crippen LogP contribution in [-0.2, 0) is 11.3 Å². The third kappa shape index (κ3) is 5.04. The molecule has 9 heteroatoms. The number of hydrogen-bond acceptors (Lipinski definition) is 7. The minimum atomic E-state index is -0.497. The quantitative estimate of drug-likeness (QED) is 0.406. The Bertz CT molecular complexity index is 681. The van der Waals surface area contributed by atoms with Crippen LogP contribution in [0.15, 0.2) is 30.6 Å². The molecule has 0 aliphatic carbocycles. The maximum atomic E-state index is 11.4. The topological polar surface area (TPSA) is 102 Å². The molecule has 0 aliphatic heterocycles. The lowest BCUT2D eigenvalue weighted by Crippen LogP contribution is -2.11. The summed E-state index contributed by atoms with van der Waals surface area (Å²) < 4.78 is 4.95. The smallest absolute Gasteiger partial charge is 0.353 e. The van der Waals surface area contributed by atoms with E-state index in [0.29, 0.717) is 31.1 Å². The summed E-state index contributed by atoms with van der Waals surface area (Å²) in [5.74, 6) is 0.351. The molecule has 0 spiro atoms. The first kappa shape index (κ1) is 17.9. The first-order chi connectivity index (χ1) is 11.6. The largest absolute Gasteiger partial charge is 0.385 e. The minimum absolute atomic E-state index is 0.166. The molecule has 0 bridgehead atoms. The van der Waals surface area contributed by atoms with Gasteiger partial charge < -0.3 is 15.4 Å². The fourth-order valence-corrected chi connectivity index (χ4v) is 2.15. The zero-order chi connectivity index (χ0) is 17.4. The number of nitrogens with zero attached hydrogens (tertiary/aromatic N) is 3. The molecule has 0 amide bonds. The Morgan fingerprint density at radius 2 is 1.88 bits per heavy atom. The monoisotopic (exact) mass is 351 g/mol. The van der Waals surface area contributed by atoms with Gasteiger partial charge in [0.25, 0.3) is 0 Å². The first-order valence-electron chi connectivity index (χ1n) is 7.32. The predicted molar refractivity (Wildman–Crippen MR) is 92.4 cm³/mol. The van der Waals surface area contributed by atoms with Crippen LogP contribution in [0.4, 0.5) is 17.3 Å². The van der Waals surface area contributed by atoms with E-state index in [2.05, 4.69) is 20.6 Å². The van der Waals surface area contributed by atoms with Gasteiger partial charge in [0.15, 0.2) is 0 Å². The van der Waals surface area contributed by atoms with Crippen molar-refractivity contribution >= 4 is 28.9 Å². The Morgan fingerprint density at radius 1 is 1.21 bits per heavy atom. The number of aromatic nitrogens is 2. The van der Waals surface area contributed by atoms with Crippen molar-refractivity contribution < 1.29 is 9.66 Å². The summed E-state index contributed by atoms with van der Waals surface area (Å²) in [5, 5.41) is 17.9. The second-order valence-electron chi connectivity index (χ2n) is 4.93. The van der Waals surface area contributed by atoms with Gasteiger partial charge in [-0.15, -0.1) is 0 Å². The van der Waals surface area contributed by atoms with Crippen molar-refractivity contribution in [3.8, 4) is 0 Å². The number of anilines is 2. The summed E-state index contributed by atoms with van der Waals surface area (Å²) in [7, 11) is 1.60. The lowest BCUT2D eigenvalue weighted by atomic mass is 10.2. The SMILES string of the molecule is COCCCNc1ncnc(NCc2ccc(Cl)cc2)c1[N+](=O)[O-]. The first-order valence-corrected chi connectivity index (χ1v) is 7.70. The van der Waals surface area contributed by atoms with Gasteiger partial charge in [0.2, 0.25) is 11.6 Å². The summed E-state index contributed by atoms with van der Waals surface area (Å²) in [6.45, 7) is 1.47. The van der Waals surface area contributed by atoms with Gasteiger partial charge in [0.05, 0.1) is 4.92 Å². The maximum Gasteiger partial charge on any atom is 0.353 e. The van der Waals surface area contributed by atoms with Crippen molar-refractivity contribution in [2.75, 3.05) is 30.9 Å². The van der Waals surface area contributed by atoms with E-state index in [0.717, 1.165) is 5.56 Å². The Hall–Kier alpha value is -2.45. The molecule has 0 fully saturated rings. The normalized spacial score (nSPS) is 10.4. The molecule has 1 heterocycles. The van der Waals surface area contributed by atoms with E-state index in [4.69, 9.17) is 16.3 Å². The van der Waals surface area contributed by atoms with E-state index < -0.39 is 4.92 Å². The second-order valence-corrected chi connectivity index (χ2v) is 5.37. The fourth-order valence-electron chi connectivity index (χ4n) is 2.02. The number of rotatable bonds is 9. The predicted octanol–water partition coefficient (Wildman–Crippen LogP) is 3.10. The van der Waals surface area contributed by atoms with E-state index in [1.165, 1.54) is 6.33 Å². The highest BCUT2D eigenvalue weighted by Crippen LogP contribution is 2.29. The number of methoxy groups -OCH3 is 1. The van der Waals surface area contributed by atoms with Gasteiger partial charge in [-0.2, -0.15) is 0 Å². The molecule has 2 rings (SSSR count). The van der Waals surface area contributed by atoms with Crippen LogP contribution >= 0.6 is 11.6 Å². The van der Waals surface area contributed by atoms with E-state index >= 15 is 0 Å². The second kappa shape index (κ2) is 8.99. The van der Waals surface area contributed by atoms with Crippen LogP contribution in [0.3, 0.4) is 0 Å². The van der Waals surface area contributed by atoms with Gasteiger partial charge >= 0.3 is 5.69 Å². The highest BCUT2D eigenvalue weighted by atomic mass is 35.5. The third-order valence-electron chi connectivity index (χ3n) is 3.20. The van der Waals surface area contributed by atoms with Crippen LogP contribution < -0.4 is 10.6 Å². The summed E-state index contributed by atoms with van der Waals surface area (Å²) in [5.41, 5.74) is 0.755. The van der Waals surface area contributed by atoms with E-state index in [1.54, 1.807) is 19.2 Å². The van der Waals surface area contributed by atoms with Gasteiger partial charge in [-0.1, -0.05) is 23.7 Å². The molecule has 8 nitrogen and oxygen atoms in total. The molecule has 0 radical (unpaired) electrons. The Balaban J connectivity index is 2.10. The lowest BCUT2D eigenvalue weighted by molar-refractivity contribution is -0.383. The van der Waals surface area contributed by atoms with Crippen LogP contribution in [0.1, 0.15) is 12.0 Å². The maximum absolute atomic E-state index is 11.4. The van der Waals surface area contributed by atoms with Crippen molar-refractivity contribution in [1.29, 1.82) is 0 Å². The van der Waals surface area contributed by atoms with Crippen LogP contribution in [0.2, 0.25) is 5.02 Å². The Labute approximate surface area is 144 Å². The van der Waals surface area contributed by atoms with Gasteiger partial charge in [0, 0.05) is 31.8 Å².